The highest BCUT2D eigenvalue weighted by Crippen LogP contribution is 2.55. The Hall–Kier alpha value is -2.90. The minimum absolute atomic E-state index is 0.206. The molecule has 156 valence electrons. The number of nitrogens with zero attached hydrogens (tertiary/aromatic N) is 2. The van der Waals surface area contributed by atoms with E-state index in [0.717, 1.165) is 15.6 Å². The summed E-state index contributed by atoms with van der Waals surface area (Å²) < 4.78 is 14.4. The van der Waals surface area contributed by atoms with E-state index < -0.39 is 11.5 Å². The van der Waals surface area contributed by atoms with E-state index in [1.807, 2.05) is 30.1 Å². The summed E-state index contributed by atoms with van der Waals surface area (Å²) in [7, 11) is 1.86. The van der Waals surface area contributed by atoms with Gasteiger partial charge in [-0.15, -0.1) is 0 Å². The highest BCUT2D eigenvalue weighted by molar-refractivity contribution is 9.10. The Morgan fingerprint density at radius 1 is 1.19 bits per heavy atom. The topological polar surface area (TPSA) is 62.3 Å². The average molecular weight is 480 g/mol. The third-order valence-corrected chi connectivity index (χ3v) is 6.90. The quantitative estimate of drug-likeness (QED) is 0.566. The number of fused-ring (bicyclic) bond motifs is 2. The van der Waals surface area contributed by atoms with Crippen molar-refractivity contribution in [2.45, 2.75) is 11.5 Å². The smallest absolute Gasteiger partial charge is 0.250 e. The zero-order valence-electron chi connectivity index (χ0n) is 16.7. The van der Waals surface area contributed by atoms with Crippen molar-refractivity contribution in [3.63, 3.8) is 0 Å². The molecule has 31 heavy (non-hydrogen) atoms. The number of benzene rings is 2. The molecule has 1 aromatic heterocycles. The summed E-state index contributed by atoms with van der Waals surface area (Å²) in [5.41, 5.74) is 1.39. The lowest BCUT2D eigenvalue weighted by molar-refractivity contribution is -0.126. The molecule has 7 heteroatoms. The molecule has 1 saturated heterocycles. The lowest BCUT2D eigenvalue weighted by Crippen LogP contribution is -2.51. The summed E-state index contributed by atoms with van der Waals surface area (Å²) in [6.07, 6.45) is 1.57. The number of carbonyl (C=O) groups is 2. The fraction of sp³-hybridized carbons (Fsp3) is 0.208. The van der Waals surface area contributed by atoms with Crippen molar-refractivity contribution < 1.29 is 14.0 Å². The van der Waals surface area contributed by atoms with Gasteiger partial charge in [0.05, 0.1) is 5.92 Å². The molecule has 0 bridgehead atoms. The maximum absolute atomic E-state index is 13.9. The molecule has 1 unspecified atom stereocenters. The molecular formula is C24H19BrFN3O2. The number of rotatable bonds is 3. The Balaban J connectivity index is 1.74. The predicted octanol–water partition coefficient (Wildman–Crippen LogP) is 4.36. The van der Waals surface area contributed by atoms with Crippen LogP contribution in [0.25, 0.3) is 0 Å². The number of carbonyl (C=O) groups excluding carboxylic acids is 2. The van der Waals surface area contributed by atoms with Gasteiger partial charge < -0.3 is 5.32 Å². The van der Waals surface area contributed by atoms with E-state index in [9.17, 15) is 14.0 Å². The Kier molecular flexibility index (Phi) is 4.75. The molecule has 0 radical (unpaired) electrons. The number of ketones is 1. The standard InChI is InChI=1S/C24H19BrFN3O2/c1-29-13-17(14-5-8-16(26)9-6-14)21(22(30)20-4-2-3-11-27-20)24(29)18-12-15(25)7-10-19(18)28-23(24)31/h2-12,17,21H,13H2,1H3,(H,28,31)/t17-,21?,24-/m1/s1. The summed E-state index contributed by atoms with van der Waals surface area (Å²) in [6, 6.07) is 17.0. The zero-order valence-corrected chi connectivity index (χ0v) is 18.3. The van der Waals surface area contributed by atoms with Crippen LogP contribution in [0.15, 0.2) is 71.3 Å². The van der Waals surface area contributed by atoms with E-state index >= 15 is 0 Å². The number of anilines is 1. The molecule has 5 rings (SSSR count). The average Bonchev–Trinajstić information content (AvgIpc) is 3.24. The fourth-order valence-corrected chi connectivity index (χ4v) is 5.45. The van der Waals surface area contributed by atoms with Gasteiger partial charge in [0.25, 0.3) is 0 Å². The Bertz CT molecular complexity index is 1190. The first-order valence-electron chi connectivity index (χ1n) is 9.96. The number of likely N-dealkylation sites (tertiary alicyclic amines) is 1. The van der Waals surface area contributed by atoms with Gasteiger partial charge in [0.2, 0.25) is 5.91 Å². The normalized spacial score (nSPS) is 24.9. The number of likely N-dealkylation sites (N-methyl/N-ethyl adjacent to an activating group) is 1. The van der Waals surface area contributed by atoms with Crippen LogP contribution < -0.4 is 5.32 Å². The van der Waals surface area contributed by atoms with Crippen LogP contribution in [0.1, 0.15) is 27.5 Å². The second kappa shape index (κ2) is 7.35. The Morgan fingerprint density at radius 2 is 1.97 bits per heavy atom. The van der Waals surface area contributed by atoms with Crippen LogP contribution in [0, 0.1) is 11.7 Å². The molecule has 1 fully saturated rings. The monoisotopic (exact) mass is 479 g/mol. The first-order valence-corrected chi connectivity index (χ1v) is 10.8. The van der Waals surface area contributed by atoms with Crippen molar-refractivity contribution >= 4 is 33.3 Å². The molecule has 1 spiro atoms. The second-order valence-electron chi connectivity index (χ2n) is 8.01. The van der Waals surface area contributed by atoms with E-state index in [1.54, 1.807) is 36.5 Å². The van der Waals surface area contributed by atoms with Crippen LogP contribution in [-0.2, 0) is 10.3 Å². The molecule has 1 N–H and O–H groups in total. The summed E-state index contributed by atoms with van der Waals surface area (Å²) in [4.78, 5) is 33.7. The highest BCUT2D eigenvalue weighted by Gasteiger charge is 2.64. The number of aromatic nitrogens is 1. The first-order chi connectivity index (χ1) is 14.9. The molecule has 2 aliphatic heterocycles. The van der Waals surface area contributed by atoms with E-state index in [-0.39, 0.29) is 23.4 Å². The molecule has 3 atom stereocenters. The fourth-order valence-electron chi connectivity index (χ4n) is 5.09. The van der Waals surface area contributed by atoms with Gasteiger partial charge in [0.1, 0.15) is 17.1 Å². The molecule has 2 aromatic carbocycles. The number of hydrogen-bond acceptors (Lipinski definition) is 4. The maximum Gasteiger partial charge on any atom is 0.250 e. The molecule has 3 aromatic rings. The second-order valence-corrected chi connectivity index (χ2v) is 8.92. The zero-order chi connectivity index (χ0) is 21.8. The van der Waals surface area contributed by atoms with Crippen LogP contribution in [0.4, 0.5) is 10.1 Å². The minimum Gasteiger partial charge on any atom is -0.324 e. The van der Waals surface area contributed by atoms with Gasteiger partial charge in [0.15, 0.2) is 5.78 Å². The van der Waals surface area contributed by atoms with Crippen LogP contribution in [0.3, 0.4) is 0 Å². The van der Waals surface area contributed by atoms with Crippen molar-refractivity contribution in [1.29, 1.82) is 0 Å². The highest BCUT2D eigenvalue weighted by atomic mass is 79.9. The Labute approximate surface area is 187 Å². The van der Waals surface area contributed by atoms with Crippen molar-refractivity contribution in [2.24, 2.45) is 5.92 Å². The largest absolute Gasteiger partial charge is 0.324 e. The third kappa shape index (κ3) is 2.95. The van der Waals surface area contributed by atoms with E-state index in [4.69, 9.17) is 0 Å². The maximum atomic E-state index is 13.9. The van der Waals surface area contributed by atoms with E-state index in [0.29, 0.717) is 17.9 Å². The molecule has 0 aliphatic carbocycles. The number of Topliss-reactive ketones (excluding diaryl/α,β-unsaturated/α-hetero) is 1. The van der Waals surface area contributed by atoms with Gasteiger partial charge in [0, 0.05) is 34.4 Å². The van der Waals surface area contributed by atoms with Crippen molar-refractivity contribution in [3.8, 4) is 0 Å². The molecule has 5 nitrogen and oxygen atoms in total. The Morgan fingerprint density at radius 3 is 2.68 bits per heavy atom. The van der Waals surface area contributed by atoms with Crippen LogP contribution in [0.2, 0.25) is 0 Å². The summed E-state index contributed by atoms with van der Waals surface area (Å²) in [5, 5.41) is 2.97. The lowest BCUT2D eigenvalue weighted by Gasteiger charge is -2.35. The number of amides is 1. The van der Waals surface area contributed by atoms with Gasteiger partial charge in [-0.2, -0.15) is 0 Å². The number of halogens is 2. The SMILES string of the molecule is CN1C[C@H](c2ccc(F)cc2)C(C(=O)c2ccccn2)[C@]12C(=O)Nc1ccc(Br)cc12. The van der Waals surface area contributed by atoms with Crippen molar-refractivity contribution in [2.75, 3.05) is 18.9 Å². The predicted molar refractivity (Wildman–Crippen MR) is 118 cm³/mol. The third-order valence-electron chi connectivity index (χ3n) is 6.41. The van der Waals surface area contributed by atoms with Gasteiger partial charge in [-0.1, -0.05) is 34.1 Å². The van der Waals surface area contributed by atoms with E-state index in [2.05, 4.69) is 26.2 Å². The molecule has 2 aliphatic rings. The molecule has 0 saturated carbocycles. The van der Waals surface area contributed by atoms with Crippen LogP contribution in [0.5, 0.6) is 0 Å². The number of hydrogen-bond donors (Lipinski definition) is 1. The van der Waals surface area contributed by atoms with Gasteiger partial charge >= 0.3 is 0 Å². The van der Waals surface area contributed by atoms with Gasteiger partial charge in [-0.3, -0.25) is 19.5 Å². The van der Waals surface area contributed by atoms with Crippen LogP contribution >= 0.6 is 15.9 Å². The molecular weight excluding hydrogens is 461 g/mol. The van der Waals surface area contributed by atoms with Gasteiger partial charge in [-0.05, 0) is 55.1 Å². The summed E-state index contributed by atoms with van der Waals surface area (Å²) in [5.74, 6) is -1.82. The molecule has 1 amide bonds. The van der Waals surface area contributed by atoms with Gasteiger partial charge in [-0.25, -0.2) is 4.39 Å². The number of pyridine rings is 1. The van der Waals surface area contributed by atoms with Crippen LogP contribution in [-0.4, -0.2) is 35.2 Å². The summed E-state index contributed by atoms with van der Waals surface area (Å²) >= 11 is 3.51. The minimum atomic E-state index is -1.19. The first kappa shape index (κ1) is 20.0. The lowest BCUT2D eigenvalue weighted by atomic mass is 9.71. The van der Waals surface area contributed by atoms with Crippen molar-refractivity contribution in [3.05, 3.63) is 94.0 Å². The van der Waals surface area contributed by atoms with E-state index in [1.165, 1.54) is 12.1 Å². The summed E-state index contributed by atoms with van der Waals surface area (Å²) in [6.45, 7) is 0.467. The number of nitrogens with one attached hydrogen (secondary N) is 1. The van der Waals surface area contributed by atoms with Crippen molar-refractivity contribution in [1.82, 2.24) is 9.88 Å². The molecule has 3 heterocycles.